The molecule has 8 nitrogen and oxygen atoms in total. The lowest BCUT2D eigenvalue weighted by molar-refractivity contribution is 0.0455. The van der Waals surface area contributed by atoms with E-state index in [1.54, 1.807) is 18.2 Å². The molecule has 1 saturated heterocycles. The molecule has 1 aromatic carbocycles. The van der Waals surface area contributed by atoms with Crippen LogP contribution in [0.4, 0.5) is 8.78 Å². The molecule has 0 radical (unpaired) electrons. The Hall–Kier alpha value is -3.95. The number of likely N-dealkylation sites (tertiary alicyclic amines) is 1. The van der Waals surface area contributed by atoms with Crippen molar-refractivity contribution in [3.63, 3.8) is 0 Å². The standard InChI is InChI=1S/C27H26F2N6O2/c28-13-16-14-34(15-16)27(37)23-24(25-30-9-4-10-31-25)33-35-22(36)12-21(32-26(23)35)18-7-8-19(20(29)11-18)17-5-2-1-3-6-17/h4,7-12,16-17,33H,1-3,5-6,13-15H2. The third-order valence-corrected chi connectivity index (χ3v) is 7.42. The molecule has 1 saturated carbocycles. The van der Waals surface area contributed by atoms with Crippen molar-refractivity contribution in [1.82, 2.24) is 29.5 Å². The van der Waals surface area contributed by atoms with Gasteiger partial charge in [0.1, 0.15) is 17.1 Å². The first kappa shape index (κ1) is 23.4. The van der Waals surface area contributed by atoms with Crippen molar-refractivity contribution in [1.29, 1.82) is 0 Å². The average Bonchev–Trinajstić information content (AvgIpc) is 3.29. The van der Waals surface area contributed by atoms with Crippen molar-refractivity contribution in [2.24, 2.45) is 5.92 Å². The van der Waals surface area contributed by atoms with Gasteiger partial charge >= 0.3 is 0 Å². The highest BCUT2D eigenvalue weighted by molar-refractivity contribution is 6.05. The van der Waals surface area contributed by atoms with E-state index in [1.165, 1.54) is 40.4 Å². The van der Waals surface area contributed by atoms with Crippen LogP contribution in [0.5, 0.6) is 0 Å². The molecule has 1 N–H and O–H groups in total. The number of carbonyl (C=O) groups is 1. The van der Waals surface area contributed by atoms with E-state index in [0.717, 1.165) is 25.7 Å². The summed E-state index contributed by atoms with van der Waals surface area (Å²) in [6, 6.07) is 7.93. The van der Waals surface area contributed by atoms with Crippen LogP contribution in [0, 0.1) is 11.7 Å². The Morgan fingerprint density at radius 2 is 1.84 bits per heavy atom. The van der Waals surface area contributed by atoms with Crippen molar-refractivity contribution in [2.75, 3.05) is 19.8 Å². The lowest BCUT2D eigenvalue weighted by Crippen LogP contribution is -2.50. The van der Waals surface area contributed by atoms with Gasteiger partial charge in [-0.15, -0.1) is 0 Å². The number of carbonyl (C=O) groups excluding carboxylic acids is 1. The van der Waals surface area contributed by atoms with E-state index in [9.17, 15) is 14.0 Å². The summed E-state index contributed by atoms with van der Waals surface area (Å²) in [6.07, 6.45) is 8.39. The van der Waals surface area contributed by atoms with Crippen LogP contribution in [0.15, 0.2) is 47.5 Å². The molecule has 2 fully saturated rings. The Labute approximate surface area is 211 Å². The van der Waals surface area contributed by atoms with Crippen LogP contribution in [0.3, 0.4) is 0 Å². The summed E-state index contributed by atoms with van der Waals surface area (Å²) in [5.74, 6) is -0.483. The topological polar surface area (TPSA) is 96.2 Å². The minimum atomic E-state index is -0.503. The molecule has 4 heterocycles. The van der Waals surface area contributed by atoms with Gasteiger partial charge in [0, 0.05) is 43.0 Å². The molecular weight excluding hydrogens is 478 g/mol. The Morgan fingerprint density at radius 1 is 1.08 bits per heavy atom. The van der Waals surface area contributed by atoms with Gasteiger partial charge in [-0.25, -0.2) is 23.9 Å². The van der Waals surface area contributed by atoms with E-state index in [1.807, 2.05) is 0 Å². The number of fused-ring (bicyclic) bond motifs is 1. The van der Waals surface area contributed by atoms with Gasteiger partial charge in [0.25, 0.3) is 11.5 Å². The smallest absolute Gasteiger partial charge is 0.273 e. The van der Waals surface area contributed by atoms with Crippen molar-refractivity contribution in [2.45, 2.75) is 38.0 Å². The molecule has 0 spiro atoms. The molecule has 3 aromatic heterocycles. The van der Waals surface area contributed by atoms with Crippen LogP contribution in [0.25, 0.3) is 28.4 Å². The zero-order chi connectivity index (χ0) is 25.5. The van der Waals surface area contributed by atoms with E-state index in [0.29, 0.717) is 11.1 Å². The van der Waals surface area contributed by atoms with Gasteiger partial charge in [-0.2, -0.15) is 0 Å². The number of nitrogens with zero attached hydrogens (tertiary/aromatic N) is 5. The Balaban J connectivity index is 1.46. The van der Waals surface area contributed by atoms with Crippen LogP contribution < -0.4 is 5.56 Å². The summed E-state index contributed by atoms with van der Waals surface area (Å²) in [6.45, 7) is 0.0512. The number of hydrogen-bond acceptors (Lipinski definition) is 5. The molecule has 4 aromatic rings. The summed E-state index contributed by atoms with van der Waals surface area (Å²) >= 11 is 0. The molecule has 1 amide bonds. The fraction of sp³-hybridized carbons (Fsp3) is 0.370. The van der Waals surface area contributed by atoms with Crippen LogP contribution in [-0.4, -0.2) is 55.1 Å². The fourth-order valence-corrected chi connectivity index (χ4v) is 5.40. The Morgan fingerprint density at radius 3 is 2.54 bits per heavy atom. The number of rotatable bonds is 5. The summed E-state index contributed by atoms with van der Waals surface area (Å²) in [5.41, 5.74) is 1.42. The summed E-state index contributed by atoms with van der Waals surface area (Å²) in [7, 11) is 0. The minimum Gasteiger partial charge on any atom is -0.338 e. The van der Waals surface area contributed by atoms with Crippen molar-refractivity contribution < 1.29 is 13.6 Å². The van der Waals surface area contributed by atoms with Gasteiger partial charge in [0.05, 0.1) is 12.4 Å². The summed E-state index contributed by atoms with van der Waals surface area (Å²) in [5, 5.41) is 2.92. The first-order chi connectivity index (χ1) is 18.0. The first-order valence-electron chi connectivity index (χ1n) is 12.6. The van der Waals surface area contributed by atoms with Gasteiger partial charge < -0.3 is 4.90 Å². The number of alkyl halides is 1. The number of aromatic nitrogens is 5. The number of hydrogen-bond donors (Lipinski definition) is 1. The van der Waals surface area contributed by atoms with E-state index < -0.39 is 18.1 Å². The molecule has 6 rings (SSSR count). The maximum absolute atomic E-state index is 15.2. The minimum absolute atomic E-state index is 0.0930. The van der Waals surface area contributed by atoms with Gasteiger partial charge in [0.2, 0.25) is 0 Å². The largest absolute Gasteiger partial charge is 0.338 e. The summed E-state index contributed by atoms with van der Waals surface area (Å²) in [4.78, 5) is 41.2. The zero-order valence-electron chi connectivity index (χ0n) is 20.2. The third kappa shape index (κ3) is 4.20. The number of nitrogens with one attached hydrogen (secondary N) is 1. The molecule has 2 aliphatic rings. The van der Waals surface area contributed by atoms with E-state index in [4.69, 9.17) is 0 Å². The molecule has 0 unspecified atom stereocenters. The predicted octanol–water partition coefficient (Wildman–Crippen LogP) is 4.37. The quantitative estimate of drug-likeness (QED) is 0.435. The number of amides is 1. The van der Waals surface area contributed by atoms with Gasteiger partial charge in [0.15, 0.2) is 11.5 Å². The highest BCUT2D eigenvalue weighted by atomic mass is 19.1. The first-order valence-corrected chi connectivity index (χ1v) is 12.6. The van der Waals surface area contributed by atoms with E-state index in [2.05, 4.69) is 20.1 Å². The lowest BCUT2D eigenvalue weighted by atomic mass is 9.83. The third-order valence-electron chi connectivity index (χ3n) is 7.42. The molecule has 190 valence electrons. The normalized spacial score (nSPS) is 16.8. The van der Waals surface area contributed by atoms with Crippen LogP contribution >= 0.6 is 0 Å². The second-order valence-electron chi connectivity index (χ2n) is 9.87. The monoisotopic (exact) mass is 504 g/mol. The molecule has 37 heavy (non-hydrogen) atoms. The van der Waals surface area contributed by atoms with Gasteiger partial charge in [-0.05, 0) is 36.5 Å². The molecule has 0 atom stereocenters. The number of benzene rings is 1. The number of aromatic amines is 1. The summed E-state index contributed by atoms with van der Waals surface area (Å²) < 4.78 is 29.4. The SMILES string of the molecule is O=C(c1c(-c2ncccn2)[nH]n2c(=O)cc(-c3ccc(C4CCCCC4)c(F)c3)nc12)N1CC(CF)C1. The molecule has 1 aliphatic heterocycles. The van der Waals surface area contributed by atoms with Crippen LogP contribution in [0.1, 0.15) is 53.9 Å². The Bertz CT molecular complexity index is 1520. The van der Waals surface area contributed by atoms with Crippen molar-refractivity contribution >= 4 is 11.6 Å². The predicted molar refractivity (Wildman–Crippen MR) is 133 cm³/mol. The maximum atomic E-state index is 15.2. The van der Waals surface area contributed by atoms with Crippen molar-refractivity contribution in [3.8, 4) is 22.8 Å². The van der Waals surface area contributed by atoms with Crippen LogP contribution in [-0.2, 0) is 0 Å². The highest BCUT2D eigenvalue weighted by Gasteiger charge is 2.35. The zero-order valence-corrected chi connectivity index (χ0v) is 20.2. The second-order valence-corrected chi connectivity index (χ2v) is 9.87. The van der Waals surface area contributed by atoms with E-state index in [-0.39, 0.29) is 59.2 Å². The maximum Gasteiger partial charge on any atom is 0.273 e. The van der Waals surface area contributed by atoms with Crippen molar-refractivity contribution in [3.05, 3.63) is 70.0 Å². The Kier molecular flexibility index (Phi) is 6.02. The van der Waals surface area contributed by atoms with E-state index >= 15 is 4.39 Å². The molecular formula is C27H26F2N6O2. The average molecular weight is 505 g/mol. The molecule has 1 aliphatic carbocycles. The van der Waals surface area contributed by atoms with Gasteiger partial charge in [-0.3, -0.25) is 19.1 Å². The molecule has 10 heteroatoms. The van der Waals surface area contributed by atoms with Crippen LogP contribution in [0.2, 0.25) is 0 Å². The number of halogens is 2. The second kappa shape index (κ2) is 9.49. The van der Waals surface area contributed by atoms with Gasteiger partial charge in [-0.1, -0.05) is 31.4 Å². The molecule has 0 bridgehead atoms. The fourth-order valence-electron chi connectivity index (χ4n) is 5.40. The highest BCUT2D eigenvalue weighted by Crippen LogP contribution is 2.35. The lowest BCUT2D eigenvalue weighted by Gasteiger charge is -2.37. The number of H-pyrrole nitrogens is 1.